The molecule has 1 aliphatic rings. The lowest BCUT2D eigenvalue weighted by atomic mass is 10.3. The lowest BCUT2D eigenvalue weighted by Gasteiger charge is -2.18. The lowest BCUT2D eigenvalue weighted by molar-refractivity contribution is -0.141. The first-order valence-electron chi connectivity index (χ1n) is 4.98. The summed E-state index contributed by atoms with van der Waals surface area (Å²) in [6.45, 7) is -0.100. The van der Waals surface area contributed by atoms with Crippen LogP contribution in [-0.2, 0) is 12.7 Å². The van der Waals surface area contributed by atoms with E-state index in [0.29, 0.717) is 5.01 Å². The number of thiazole rings is 1. The van der Waals surface area contributed by atoms with Gasteiger partial charge in [0.25, 0.3) is 0 Å². The highest BCUT2D eigenvalue weighted by molar-refractivity contribution is 8.06. The van der Waals surface area contributed by atoms with Crippen LogP contribution in [0, 0.1) is 0 Å². The molecule has 0 spiro atoms. The van der Waals surface area contributed by atoms with Gasteiger partial charge < -0.3 is 5.73 Å². The van der Waals surface area contributed by atoms with Crippen LogP contribution in [0.2, 0.25) is 0 Å². The molecule has 2 heterocycles. The number of rotatable bonds is 2. The maximum absolute atomic E-state index is 12.7. The number of aromatic nitrogens is 1. The minimum atomic E-state index is -4.39. The number of thioether (sulfide) groups is 2. The first kappa shape index (κ1) is 13.5. The Bertz CT molecular complexity index is 385. The van der Waals surface area contributed by atoms with E-state index in [4.69, 9.17) is 5.73 Å². The van der Waals surface area contributed by atoms with Crippen LogP contribution in [0.3, 0.4) is 0 Å². The van der Waals surface area contributed by atoms with Gasteiger partial charge in [0.15, 0.2) is 5.69 Å². The highest BCUT2D eigenvalue weighted by atomic mass is 32.2. The normalized spacial score (nSPS) is 21.8. The van der Waals surface area contributed by atoms with Crippen LogP contribution >= 0.6 is 34.9 Å². The van der Waals surface area contributed by atoms with Gasteiger partial charge in [0.05, 0.1) is 10.1 Å². The molecule has 0 amide bonds. The zero-order valence-corrected chi connectivity index (χ0v) is 11.2. The number of nitrogens with two attached hydrogens (primary N) is 1. The van der Waals surface area contributed by atoms with Crippen LogP contribution in [0.1, 0.15) is 20.8 Å². The van der Waals surface area contributed by atoms with E-state index in [2.05, 4.69) is 4.98 Å². The Balaban J connectivity index is 2.27. The predicted molar refractivity (Wildman–Crippen MR) is 67.5 cm³/mol. The molecule has 1 aliphatic heterocycles. The largest absolute Gasteiger partial charge is 0.434 e. The second-order valence-electron chi connectivity index (χ2n) is 3.46. The molecule has 0 radical (unpaired) electrons. The topological polar surface area (TPSA) is 38.9 Å². The maximum atomic E-state index is 12.7. The summed E-state index contributed by atoms with van der Waals surface area (Å²) in [6.07, 6.45) is -4.39. The number of alkyl halides is 3. The molecule has 0 aliphatic carbocycles. The summed E-state index contributed by atoms with van der Waals surface area (Å²) >= 11 is 4.54. The highest BCUT2D eigenvalue weighted by Gasteiger charge is 2.38. The van der Waals surface area contributed by atoms with Gasteiger partial charge in [0.1, 0.15) is 5.01 Å². The summed E-state index contributed by atoms with van der Waals surface area (Å²) in [5.41, 5.74) is 4.55. The molecule has 17 heavy (non-hydrogen) atoms. The lowest BCUT2D eigenvalue weighted by Crippen LogP contribution is -2.11. The van der Waals surface area contributed by atoms with E-state index in [-0.39, 0.29) is 16.7 Å². The molecule has 0 saturated carbocycles. The first-order chi connectivity index (χ1) is 8.02. The molecule has 2 nitrogen and oxygen atoms in total. The zero-order valence-electron chi connectivity index (χ0n) is 8.79. The molecule has 0 bridgehead atoms. The first-order valence-corrected chi connectivity index (χ1v) is 8.00. The number of halogens is 3. The molecule has 1 saturated heterocycles. The second-order valence-corrected chi connectivity index (χ2v) is 7.04. The van der Waals surface area contributed by atoms with Gasteiger partial charge in [-0.15, -0.1) is 23.1 Å². The van der Waals surface area contributed by atoms with E-state index in [9.17, 15) is 13.2 Å². The van der Waals surface area contributed by atoms with Crippen LogP contribution in [0.15, 0.2) is 0 Å². The predicted octanol–water partition coefficient (Wildman–Crippen LogP) is 3.14. The van der Waals surface area contributed by atoms with E-state index in [0.717, 1.165) is 28.6 Å². The Labute approximate surface area is 110 Å². The molecule has 1 aromatic rings. The van der Waals surface area contributed by atoms with Crippen molar-refractivity contribution in [3.63, 3.8) is 0 Å². The molecule has 2 N–H and O–H groups in total. The Morgan fingerprint density at radius 1 is 1.35 bits per heavy atom. The SMILES string of the molecule is NCc1sc(C2CSCCS2)nc1C(F)(F)F. The van der Waals surface area contributed by atoms with Crippen molar-refractivity contribution in [2.24, 2.45) is 5.73 Å². The van der Waals surface area contributed by atoms with Crippen molar-refractivity contribution < 1.29 is 13.2 Å². The van der Waals surface area contributed by atoms with Gasteiger partial charge >= 0.3 is 6.18 Å². The third kappa shape index (κ3) is 3.10. The van der Waals surface area contributed by atoms with Gasteiger partial charge in [0, 0.05) is 23.8 Å². The fourth-order valence-electron chi connectivity index (χ4n) is 1.50. The summed E-state index contributed by atoms with van der Waals surface area (Å²) in [6, 6.07) is 0. The maximum Gasteiger partial charge on any atom is 0.434 e. The van der Waals surface area contributed by atoms with Gasteiger partial charge in [-0.3, -0.25) is 0 Å². The average Bonchev–Trinajstić information content (AvgIpc) is 2.74. The van der Waals surface area contributed by atoms with Gasteiger partial charge in [-0.2, -0.15) is 24.9 Å². The minimum absolute atomic E-state index is 0.0835. The monoisotopic (exact) mass is 300 g/mol. The quantitative estimate of drug-likeness (QED) is 0.911. The third-order valence-corrected chi connectivity index (χ3v) is 6.36. The summed E-state index contributed by atoms with van der Waals surface area (Å²) in [7, 11) is 0. The van der Waals surface area contributed by atoms with Gasteiger partial charge in [-0.25, -0.2) is 4.98 Å². The minimum Gasteiger partial charge on any atom is -0.326 e. The molecular formula is C9H11F3N2S3. The van der Waals surface area contributed by atoms with E-state index in [1.54, 1.807) is 23.5 Å². The third-order valence-electron chi connectivity index (χ3n) is 2.26. The summed E-state index contributed by atoms with van der Waals surface area (Å²) in [4.78, 5) is 3.90. The molecule has 1 aromatic heterocycles. The fourth-order valence-corrected chi connectivity index (χ4v) is 5.45. The number of nitrogens with zero attached hydrogens (tertiary/aromatic N) is 1. The van der Waals surface area contributed by atoms with Crippen molar-refractivity contribution >= 4 is 34.9 Å². The van der Waals surface area contributed by atoms with E-state index < -0.39 is 11.9 Å². The molecule has 1 fully saturated rings. The van der Waals surface area contributed by atoms with Crippen LogP contribution in [0.4, 0.5) is 13.2 Å². The van der Waals surface area contributed by atoms with Crippen LogP contribution in [0.25, 0.3) is 0 Å². The van der Waals surface area contributed by atoms with E-state index in [1.807, 2.05) is 0 Å². The fraction of sp³-hybridized carbons (Fsp3) is 0.667. The number of hydrogen-bond donors (Lipinski definition) is 1. The summed E-state index contributed by atoms with van der Waals surface area (Å²) in [5.74, 6) is 2.86. The van der Waals surface area contributed by atoms with Crippen molar-refractivity contribution in [1.29, 1.82) is 0 Å². The molecule has 1 atom stereocenters. The van der Waals surface area contributed by atoms with Crippen LogP contribution in [-0.4, -0.2) is 22.2 Å². The Morgan fingerprint density at radius 3 is 2.59 bits per heavy atom. The second kappa shape index (κ2) is 5.38. The molecule has 1 unspecified atom stereocenters. The molecule has 96 valence electrons. The molecule has 2 rings (SSSR count). The zero-order chi connectivity index (χ0) is 12.5. The van der Waals surface area contributed by atoms with Crippen molar-refractivity contribution in [2.75, 3.05) is 17.3 Å². The smallest absolute Gasteiger partial charge is 0.326 e. The summed E-state index contributed by atoms with van der Waals surface area (Å²) in [5, 5.41) is 0.648. The molecule has 8 heteroatoms. The Morgan fingerprint density at radius 2 is 2.12 bits per heavy atom. The van der Waals surface area contributed by atoms with Crippen LogP contribution in [0.5, 0.6) is 0 Å². The summed E-state index contributed by atoms with van der Waals surface area (Å²) < 4.78 is 38.1. The van der Waals surface area contributed by atoms with Crippen molar-refractivity contribution in [3.05, 3.63) is 15.6 Å². The molecular weight excluding hydrogens is 289 g/mol. The highest BCUT2D eigenvalue weighted by Crippen LogP contribution is 2.42. The van der Waals surface area contributed by atoms with Crippen molar-refractivity contribution in [2.45, 2.75) is 18.0 Å². The van der Waals surface area contributed by atoms with Gasteiger partial charge in [-0.05, 0) is 0 Å². The van der Waals surface area contributed by atoms with Crippen molar-refractivity contribution in [3.8, 4) is 0 Å². The number of hydrogen-bond acceptors (Lipinski definition) is 5. The van der Waals surface area contributed by atoms with Gasteiger partial charge in [0.2, 0.25) is 0 Å². The van der Waals surface area contributed by atoms with E-state index >= 15 is 0 Å². The Hall–Kier alpha value is 0.0800. The van der Waals surface area contributed by atoms with Crippen LogP contribution < -0.4 is 5.73 Å². The van der Waals surface area contributed by atoms with Gasteiger partial charge in [-0.1, -0.05) is 0 Å². The Kier molecular flexibility index (Phi) is 4.27. The van der Waals surface area contributed by atoms with Crippen molar-refractivity contribution in [1.82, 2.24) is 4.98 Å². The average molecular weight is 300 g/mol. The van der Waals surface area contributed by atoms with E-state index in [1.165, 1.54) is 0 Å². The standard InChI is InChI=1S/C9H11F3N2S3/c10-9(11,12)7-5(3-13)17-8(14-7)6-4-15-1-2-16-6/h6H,1-4,13H2. The molecule has 0 aromatic carbocycles.